The lowest BCUT2D eigenvalue weighted by molar-refractivity contribution is -0.283. The SMILES string of the molecule is FC(F)(F)C(Cc1nc2nccnc2[nH]1)C(F)(F)F. The summed E-state index contributed by atoms with van der Waals surface area (Å²) >= 11 is 0. The summed E-state index contributed by atoms with van der Waals surface area (Å²) in [6, 6.07) is 0. The van der Waals surface area contributed by atoms with Crippen molar-refractivity contribution in [3.63, 3.8) is 0 Å². The van der Waals surface area contributed by atoms with Crippen molar-refractivity contribution in [3.05, 3.63) is 18.2 Å². The van der Waals surface area contributed by atoms with Gasteiger partial charge in [0.2, 0.25) is 0 Å². The van der Waals surface area contributed by atoms with Gasteiger partial charge in [0.15, 0.2) is 17.2 Å². The fourth-order valence-corrected chi connectivity index (χ4v) is 1.50. The summed E-state index contributed by atoms with van der Waals surface area (Å²) in [6.07, 6.45) is -9.63. The smallest absolute Gasteiger partial charge is 0.325 e. The second kappa shape index (κ2) is 4.35. The van der Waals surface area contributed by atoms with E-state index in [1.165, 1.54) is 12.4 Å². The van der Waals surface area contributed by atoms with E-state index in [1.54, 1.807) is 0 Å². The number of aromatic nitrogens is 4. The molecule has 0 saturated heterocycles. The highest BCUT2D eigenvalue weighted by Crippen LogP contribution is 2.40. The maximum Gasteiger partial charge on any atom is 0.400 e. The van der Waals surface area contributed by atoms with Gasteiger partial charge in [0, 0.05) is 18.8 Å². The van der Waals surface area contributed by atoms with Crippen molar-refractivity contribution in [2.75, 3.05) is 0 Å². The summed E-state index contributed by atoms with van der Waals surface area (Å²) in [5.74, 6) is -3.93. The molecule has 0 aliphatic heterocycles. The topological polar surface area (TPSA) is 54.5 Å². The quantitative estimate of drug-likeness (QED) is 0.862. The number of hydrogen-bond donors (Lipinski definition) is 1. The molecule has 2 aromatic rings. The third kappa shape index (κ3) is 2.93. The summed E-state index contributed by atoms with van der Waals surface area (Å²) < 4.78 is 74.2. The lowest BCUT2D eigenvalue weighted by Crippen LogP contribution is -2.38. The second-order valence-electron chi connectivity index (χ2n) is 3.75. The fourth-order valence-electron chi connectivity index (χ4n) is 1.50. The molecule has 10 heteroatoms. The van der Waals surface area contributed by atoms with Gasteiger partial charge in [-0.2, -0.15) is 26.3 Å². The van der Waals surface area contributed by atoms with Crippen LogP contribution < -0.4 is 0 Å². The molecule has 4 nitrogen and oxygen atoms in total. The minimum Gasteiger partial charge on any atom is -0.325 e. The first kappa shape index (κ1) is 13.6. The molecule has 2 aromatic heterocycles. The molecule has 0 bridgehead atoms. The van der Waals surface area contributed by atoms with Crippen molar-refractivity contribution in [1.29, 1.82) is 0 Å². The maximum absolute atomic E-state index is 12.4. The van der Waals surface area contributed by atoms with Gasteiger partial charge in [-0.05, 0) is 0 Å². The van der Waals surface area contributed by atoms with Gasteiger partial charge in [-0.1, -0.05) is 0 Å². The van der Waals surface area contributed by atoms with Crippen LogP contribution in [0.15, 0.2) is 12.4 Å². The molecular formula is C9H6F6N4. The first-order valence-electron chi connectivity index (χ1n) is 4.97. The molecule has 0 unspecified atom stereocenters. The van der Waals surface area contributed by atoms with Gasteiger partial charge in [-0.15, -0.1) is 0 Å². The Kier molecular flexibility index (Phi) is 3.11. The molecule has 0 spiro atoms. The van der Waals surface area contributed by atoms with Crippen molar-refractivity contribution in [2.45, 2.75) is 18.8 Å². The van der Waals surface area contributed by atoms with Crippen LogP contribution in [0.3, 0.4) is 0 Å². The molecule has 0 atom stereocenters. The Morgan fingerprint density at radius 2 is 1.58 bits per heavy atom. The van der Waals surface area contributed by atoms with Crippen LogP contribution in [0.25, 0.3) is 11.3 Å². The van der Waals surface area contributed by atoms with E-state index in [1.807, 2.05) is 0 Å². The minimum absolute atomic E-state index is 0.0272. The summed E-state index contributed by atoms with van der Waals surface area (Å²) in [6.45, 7) is 0. The number of fused-ring (bicyclic) bond motifs is 1. The van der Waals surface area contributed by atoms with E-state index < -0.39 is 30.5 Å². The number of hydrogen-bond acceptors (Lipinski definition) is 3. The Hall–Kier alpha value is -1.87. The summed E-state index contributed by atoms with van der Waals surface area (Å²) in [5, 5.41) is 0. The molecule has 1 N–H and O–H groups in total. The van der Waals surface area contributed by atoms with Crippen molar-refractivity contribution in [3.8, 4) is 0 Å². The first-order chi connectivity index (χ1) is 8.68. The summed E-state index contributed by atoms with van der Waals surface area (Å²) in [7, 11) is 0. The Labute approximate surface area is 101 Å². The highest BCUT2D eigenvalue weighted by atomic mass is 19.4. The summed E-state index contributed by atoms with van der Waals surface area (Å²) in [5.41, 5.74) is 0.0150. The normalized spacial score (nSPS) is 13.4. The van der Waals surface area contributed by atoms with Gasteiger partial charge in [-0.3, -0.25) is 0 Å². The number of H-pyrrole nitrogens is 1. The average molecular weight is 284 g/mol. The van der Waals surface area contributed by atoms with E-state index in [2.05, 4.69) is 19.9 Å². The molecule has 0 radical (unpaired) electrons. The van der Waals surface area contributed by atoms with Gasteiger partial charge in [0.25, 0.3) is 0 Å². The third-order valence-electron chi connectivity index (χ3n) is 2.37. The van der Waals surface area contributed by atoms with Crippen molar-refractivity contribution in [1.82, 2.24) is 19.9 Å². The largest absolute Gasteiger partial charge is 0.400 e. The van der Waals surface area contributed by atoms with Crippen LogP contribution in [0, 0.1) is 5.92 Å². The zero-order valence-corrected chi connectivity index (χ0v) is 9.05. The van der Waals surface area contributed by atoms with E-state index in [0.717, 1.165) is 0 Å². The predicted molar refractivity (Wildman–Crippen MR) is 51.0 cm³/mol. The Bertz CT molecular complexity index is 525. The van der Waals surface area contributed by atoms with Crippen molar-refractivity contribution >= 4 is 11.3 Å². The third-order valence-corrected chi connectivity index (χ3v) is 2.37. The number of rotatable bonds is 2. The molecular weight excluding hydrogens is 278 g/mol. The van der Waals surface area contributed by atoms with E-state index in [-0.39, 0.29) is 11.3 Å². The molecule has 2 rings (SSSR count). The molecule has 0 saturated carbocycles. The number of imidazole rings is 1. The molecule has 0 aliphatic rings. The van der Waals surface area contributed by atoms with Crippen LogP contribution in [-0.2, 0) is 6.42 Å². The lowest BCUT2D eigenvalue weighted by Gasteiger charge is -2.21. The number of alkyl halides is 6. The van der Waals surface area contributed by atoms with Crippen LogP contribution in [0.5, 0.6) is 0 Å². The van der Waals surface area contributed by atoms with Crippen LogP contribution in [0.2, 0.25) is 0 Å². The Morgan fingerprint density at radius 1 is 1.00 bits per heavy atom. The Morgan fingerprint density at radius 3 is 2.11 bits per heavy atom. The predicted octanol–water partition coefficient (Wildman–Crippen LogP) is 2.64. The Balaban J connectivity index is 2.31. The maximum atomic E-state index is 12.4. The molecule has 0 aromatic carbocycles. The zero-order chi connectivity index (χ0) is 14.3. The van der Waals surface area contributed by atoms with Crippen LogP contribution in [0.4, 0.5) is 26.3 Å². The van der Waals surface area contributed by atoms with Crippen molar-refractivity contribution in [2.24, 2.45) is 5.92 Å². The average Bonchev–Trinajstić information content (AvgIpc) is 2.65. The highest BCUT2D eigenvalue weighted by Gasteiger charge is 2.56. The van der Waals surface area contributed by atoms with Gasteiger partial charge in [0.1, 0.15) is 5.82 Å². The van der Waals surface area contributed by atoms with Gasteiger partial charge < -0.3 is 4.98 Å². The van der Waals surface area contributed by atoms with E-state index in [0.29, 0.717) is 0 Å². The molecule has 104 valence electrons. The zero-order valence-electron chi connectivity index (χ0n) is 9.05. The molecule has 0 amide bonds. The van der Waals surface area contributed by atoms with Gasteiger partial charge in [0.05, 0.1) is 0 Å². The fraction of sp³-hybridized carbons (Fsp3) is 0.444. The van der Waals surface area contributed by atoms with E-state index in [9.17, 15) is 26.3 Å². The molecule has 2 heterocycles. The van der Waals surface area contributed by atoms with Crippen LogP contribution in [-0.4, -0.2) is 32.3 Å². The number of nitrogens with zero attached hydrogens (tertiary/aromatic N) is 3. The number of nitrogens with one attached hydrogen (secondary N) is 1. The van der Waals surface area contributed by atoms with E-state index in [4.69, 9.17) is 0 Å². The van der Waals surface area contributed by atoms with E-state index >= 15 is 0 Å². The standard InChI is InChI=1S/C9H6F6N4/c10-8(11,12)4(9(13,14)15)3-5-18-6-7(19-5)17-2-1-16-6/h1-2,4H,3H2,(H,16,17,18,19). The van der Waals surface area contributed by atoms with Gasteiger partial charge >= 0.3 is 12.4 Å². The monoisotopic (exact) mass is 284 g/mol. The highest BCUT2D eigenvalue weighted by molar-refractivity contribution is 5.64. The number of halogens is 6. The lowest BCUT2D eigenvalue weighted by atomic mass is 10.0. The first-order valence-corrected chi connectivity index (χ1v) is 4.97. The van der Waals surface area contributed by atoms with Crippen LogP contribution in [0.1, 0.15) is 5.82 Å². The molecule has 19 heavy (non-hydrogen) atoms. The minimum atomic E-state index is -5.39. The second-order valence-corrected chi connectivity index (χ2v) is 3.75. The van der Waals surface area contributed by atoms with Gasteiger partial charge in [-0.25, -0.2) is 15.0 Å². The summed E-state index contributed by atoms with van der Waals surface area (Å²) in [4.78, 5) is 13.2. The molecule has 0 fully saturated rings. The van der Waals surface area contributed by atoms with Crippen LogP contribution >= 0.6 is 0 Å². The van der Waals surface area contributed by atoms with Crippen molar-refractivity contribution < 1.29 is 26.3 Å². The molecule has 0 aliphatic carbocycles. The number of aromatic amines is 1.